The van der Waals surface area contributed by atoms with Gasteiger partial charge in [-0.25, -0.2) is 9.97 Å². The Bertz CT molecular complexity index is 1460. The van der Waals surface area contributed by atoms with Crippen LogP contribution in [0.4, 0.5) is 0 Å². The van der Waals surface area contributed by atoms with Crippen molar-refractivity contribution in [3.63, 3.8) is 0 Å². The number of benzene rings is 3. The van der Waals surface area contributed by atoms with Crippen molar-refractivity contribution in [3.8, 4) is 28.3 Å². The van der Waals surface area contributed by atoms with Crippen molar-refractivity contribution in [1.82, 2.24) is 19.9 Å². The maximum Gasteiger partial charge on any atom is 0.128 e. The number of ether oxygens (including phenoxy) is 1. The third-order valence-electron chi connectivity index (χ3n) is 6.46. The highest BCUT2D eigenvalue weighted by molar-refractivity contribution is 6.14. The summed E-state index contributed by atoms with van der Waals surface area (Å²) in [5.41, 5.74) is 5.54. The summed E-state index contributed by atoms with van der Waals surface area (Å²) in [6, 6.07) is 13.2. The van der Waals surface area contributed by atoms with Gasteiger partial charge in [0.15, 0.2) is 0 Å². The molecule has 0 saturated heterocycles. The van der Waals surface area contributed by atoms with Crippen molar-refractivity contribution < 1.29 is 4.74 Å². The Hall–Kier alpha value is -3.60. The predicted molar refractivity (Wildman–Crippen MR) is 124 cm³/mol. The van der Waals surface area contributed by atoms with Crippen molar-refractivity contribution in [2.24, 2.45) is 0 Å². The maximum atomic E-state index is 6.25. The summed E-state index contributed by atoms with van der Waals surface area (Å²) >= 11 is 0. The van der Waals surface area contributed by atoms with Gasteiger partial charge in [-0.3, -0.25) is 0 Å². The van der Waals surface area contributed by atoms with E-state index >= 15 is 0 Å². The van der Waals surface area contributed by atoms with E-state index in [-0.39, 0.29) is 0 Å². The van der Waals surface area contributed by atoms with Gasteiger partial charge in [0, 0.05) is 22.4 Å². The number of hydrogen-bond donors (Lipinski definition) is 2. The highest BCUT2D eigenvalue weighted by Crippen LogP contribution is 2.43. The maximum absolute atomic E-state index is 6.25. The minimum atomic E-state index is 0.426. The summed E-state index contributed by atoms with van der Waals surface area (Å²) in [7, 11) is 0. The van der Waals surface area contributed by atoms with E-state index in [2.05, 4.69) is 70.2 Å². The SMILES string of the molecule is CCC(C)c1ncc(-c2cc3c4c(ccc5cc(-c6cnc(C)[nH]6)cc(c54)OC3)c2)[nH]1. The van der Waals surface area contributed by atoms with E-state index in [1.54, 1.807) is 0 Å². The first-order valence-electron chi connectivity index (χ1n) is 10.8. The second-order valence-corrected chi connectivity index (χ2v) is 8.53. The zero-order valence-electron chi connectivity index (χ0n) is 17.9. The molecule has 31 heavy (non-hydrogen) atoms. The molecular formula is C26H24N4O. The van der Waals surface area contributed by atoms with Crippen molar-refractivity contribution in [2.75, 3.05) is 0 Å². The van der Waals surface area contributed by atoms with Crippen LogP contribution in [-0.4, -0.2) is 19.9 Å². The Balaban J connectivity index is 1.52. The van der Waals surface area contributed by atoms with E-state index in [4.69, 9.17) is 4.74 Å². The third-order valence-corrected chi connectivity index (χ3v) is 6.46. The molecule has 3 aromatic carbocycles. The molecule has 1 unspecified atom stereocenters. The van der Waals surface area contributed by atoms with Crippen LogP contribution in [0.1, 0.15) is 43.4 Å². The fourth-order valence-electron chi connectivity index (χ4n) is 4.57. The molecular weight excluding hydrogens is 384 g/mol. The highest BCUT2D eigenvalue weighted by atomic mass is 16.5. The fraction of sp³-hybridized carbons (Fsp3) is 0.231. The predicted octanol–water partition coefficient (Wildman–Crippen LogP) is 6.49. The molecule has 6 rings (SSSR count). The van der Waals surface area contributed by atoms with Crippen molar-refractivity contribution in [1.29, 1.82) is 0 Å². The van der Waals surface area contributed by atoms with Crippen LogP contribution in [0.2, 0.25) is 0 Å². The summed E-state index contributed by atoms with van der Waals surface area (Å²) in [6.45, 7) is 6.92. The number of aromatic amines is 2. The van der Waals surface area contributed by atoms with E-state index < -0.39 is 0 Å². The van der Waals surface area contributed by atoms with E-state index in [1.165, 1.54) is 27.1 Å². The second kappa shape index (κ2) is 6.71. The van der Waals surface area contributed by atoms with Crippen LogP contribution < -0.4 is 4.74 Å². The molecule has 154 valence electrons. The summed E-state index contributed by atoms with van der Waals surface area (Å²) in [5, 5.41) is 4.89. The van der Waals surface area contributed by atoms with Crippen molar-refractivity contribution in [3.05, 3.63) is 66.0 Å². The van der Waals surface area contributed by atoms with Crippen molar-refractivity contribution >= 4 is 21.5 Å². The average Bonchev–Trinajstić information content (AvgIpc) is 3.46. The monoisotopic (exact) mass is 408 g/mol. The molecule has 5 nitrogen and oxygen atoms in total. The quantitative estimate of drug-likeness (QED) is 0.334. The van der Waals surface area contributed by atoms with Crippen LogP contribution >= 0.6 is 0 Å². The zero-order valence-corrected chi connectivity index (χ0v) is 17.9. The molecule has 0 saturated carbocycles. The van der Waals surface area contributed by atoms with Crippen LogP contribution in [0.5, 0.6) is 5.75 Å². The lowest BCUT2D eigenvalue weighted by molar-refractivity contribution is 0.308. The molecule has 5 heteroatoms. The molecule has 0 aliphatic carbocycles. The number of hydrogen-bond acceptors (Lipinski definition) is 3. The Kier molecular flexibility index (Phi) is 3.93. The number of nitrogens with one attached hydrogen (secondary N) is 2. The summed E-state index contributed by atoms with van der Waals surface area (Å²) in [4.78, 5) is 15.8. The van der Waals surface area contributed by atoms with Gasteiger partial charge in [0.1, 0.15) is 24.0 Å². The van der Waals surface area contributed by atoms with Gasteiger partial charge in [0.2, 0.25) is 0 Å². The van der Waals surface area contributed by atoms with Gasteiger partial charge in [-0.2, -0.15) is 0 Å². The lowest BCUT2D eigenvalue weighted by Crippen LogP contribution is -2.04. The summed E-state index contributed by atoms with van der Waals surface area (Å²) in [5.74, 6) is 3.32. The number of aromatic nitrogens is 4. The number of H-pyrrole nitrogens is 2. The van der Waals surface area contributed by atoms with E-state index in [0.29, 0.717) is 12.5 Å². The Morgan fingerprint density at radius 3 is 2.39 bits per heavy atom. The molecule has 2 N–H and O–H groups in total. The van der Waals surface area contributed by atoms with E-state index in [1.807, 2.05) is 19.3 Å². The normalized spacial score (nSPS) is 13.8. The lowest BCUT2D eigenvalue weighted by atomic mass is 9.92. The third kappa shape index (κ3) is 2.84. The minimum absolute atomic E-state index is 0.426. The molecule has 0 bridgehead atoms. The first-order chi connectivity index (χ1) is 15.1. The standard InChI is InChI=1S/C26H24N4O/c1-4-14(2)26-28-12-22(30-26)18-7-16-5-6-17-8-19(21-11-27-15(3)29-21)10-23-25(17)24(16)20(9-18)13-31-23/h5-12,14H,4,13H2,1-3H3,(H,27,29)(H,28,30). The first-order valence-corrected chi connectivity index (χ1v) is 10.8. The van der Waals surface area contributed by atoms with Gasteiger partial charge in [0.05, 0.1) is 23.8 Å². The largest absolute Gasteiger partial charge is 0.488 e. The fourth-order valence-corrected chi connectivity index (χ4v) is 4.57. The Morgan fingerprint density at radius 2 is 1.65 bits per heavy atom. The molecule has 2 aromatic heterocycles. The van der Waals surface area contributed by atoms with Crippen LogP contribution in [0.15, 0.2) is 48.8 Å². The molecule has 0 amide bonds. The number of rotatable bonds is 4. The second-order valence-electron chi connectivity index (χ2n) is 8.53. The van der Waals surface area contributed by atoms with Gasteiger partial charge in [0.25, 0.3) is 0 Å². The number of aryl methyl sites for hydroxylation is 1. The van der Waals surface area contributed by atoms with Gasteiger partial charge < -0.3 is 14.7 Å². The zero-order chi connectivity index (χ0) is 21.1. The topological polar surface area (TPSA) is 66.6 Å². The Morgan fingerprint density at radius 1 is 0.935 bits per heavy atom. The molecule has 1 atom stereocenters. The van der Waals surface area contributed by atoms with Crippen LogP contribution in [0.25, 0.3) is 44.1 Å². The van der Waals surface area contributed by atoms with E-state index in [0.717, 1.165) is 46.3 Å². The van der Waals surface area contributed by atoms with Crippen LogP contribution in [0.3, 0.4) is 0 Å². The number of imidazole rings is 2. The lowest BCUT2D eigenvalue weighted by Gasteiger charge is -2.21. The highest BCUT2D eigenvalue weighted by Gasteiger charge is 2.20. The summed E-state index contributed by atoms with van der Waals surface area (Å²) < 4.78 is 6.25. The molecule has 3 heterocycles. The van der Waals surface area contributed by atoms with E-state index in [9.17, 15) is 0 Å². The molecule has 0 spiro atoms. The average molecular weight is 409 g/mol. The van der Waals surface area contributed by atoms with Crippen LogP contribution in [-0.2, 0) is 6.61 Å². The molecule has 5 aromatic rings. The Labute approximate surface area is 180 Å². The van der Waals surface area contributed by atoms with Gasteiger partial charge in [-0.15, -0.1) is 0 Å². The van der Waals surface area contributed by atoms with Gasteiger partial charge >= 0.3 is 0 Å². The first kappa shape index (κ1) is 18.2. The van der Waals surface area contributed by atoms with Crippen molar-refractivity contribution in [2.45, 2.75) is 39.7 Å². The minimum Gasteiger partial charge on any atom is -0.488 e. The summed E-state index contributed by atoms with van der Waals surface area (Å²) in [6.07, 6.45) is 4.89. The number of nitrogens with zero attached hydrogens (tertiary/aromatic N) is 2. The molecule has 1 aliphatic rings. The molecule has 1 aliphatic heterocycles. The smallest absolute Gasteiger partial charge is 0.128 e. The van der Waals surface area contributed by atoms with Crippen LogP contribution in [0, 0.1) is 6.92 Å². The molecule has 0 radical (unpaired) electrons. The van der Waals surface area contributed by atoms with Gasteiger partial charge in [-0.1, -0.05) is 26.0 Å². The molecule has 0 fully saturated rings. The van der Waals surface area contributed by atoms with Gasteiger partial charge in [-0.05, 0) is 59.3 Å².